The zero-order chi connectivity index (χ0) is 15.4. The van der Waals surface area contributed by atoms with Gasteiger partial charge in [-0.2, -0.15) is 0 Å². The lowest BCUT2D eigenvalue weighted by molar-refractivity contribution is -0.155. The van der Waals surface area contributed by atoms with Crippen molar-refractivity contribution >= 4 is 11.9 Å². The van der Waals surface area contributed by atoms with E-state index in [-0.39, 0.29) is 5.91 Å². The Hall–Kier alpha value is -1.14. The van der Waals surface area contributed by atoms with E-state index in [1.807, 2.05) is 19.0 Å². The average molecular weight is 298 g/mol. The number of aliphatic carboxylic acids is 1. The molecule has 2 fully saturated rings. The molecule has 0 aromatic carbocycles. The second-order valence-electron chi connectivity index (χ2n) is 6.30. The SMILES string of the molecule is CN(C)CCN(C(=O)C1CCC(C(=O)O)O1)C1CCCC1. The van der Waals surface area contributed by atoms with E-state index < -0.39 is 18.2 Å². The van der Waals surface area contributed by atoms with Crippen LogP contribution in [0.4, 0.5) is 0 Å². The van der Waals surface area contributed by atoms with Gasteiger partial charge in [0, 0.05) is 19.1 Å². The molecule has 0 aromatic rings. The number of hydrogen-bond donors (Lipinski definition) is 1. The number of amides is 1. The monoisotopic (exact) mass is 298 g/mol. The van der Waals surface area contributed by atoms with Crippen LogP contribution in [0.3, 0.4) is 0 Å². The van der Waals surface area contributed by atoms with Crippen molar-refractivity contribution in [1.29, 1.82) is 0 Å². The number of carboxylic acid groups (broad SMARTS) is 1. The lowest BCUT2D eigenvalue weighted by atomic mass is 10.1. The number of carbonyl (C=O) groups excluding carboxylic acids is 1. The van der Waals surface area contributed by atoms with Gasteiger partial charge in [0.15, 0.2) is 6.10 Å². The summed E-state index contributed by atoms with van der Waals surface area (Å²) in [6.45, 7) is 1.51. The second kappa shape index (κ2) is 7.22. The summed E-state index contributed by atoms with van der Waals surface area (Å²) in [5.74, 6) is -0.987. The van der Waals surface area contributed by atoms with Crippen molar-refractivity contribution in [2.75, 3.05) is 27.2 Å². The largest absolute Gasteiger partial charge is 0.479 e. The Labute approximate surface area is 126 Å². The molecule has 0 radical (unpaired) electrons. The molecule has 0 spiro atoms. The van der Waals surface area contributed by atoms with Crippen molar-refractivity contribution in [2.24, 2.45) is 0 Å². The molecule has 1 N–H and O–H groups in total. The van der Waals surface area contributed by atoms with Crippen molar-refractivity contribution in [2.45, 2.75) is 56.8 Å². The van der Waals surface area contributed by atoms with Gasteiger partial charge in [-0.05, 0) is 39.8 Å². The van der Waals surface area contributed by atoms with Crippen LogP contribution in [-0.2, 0) is 14.3 Å². The van der Waals surface area contributed by atoms with Gasteiger partial charge in [0.25, 0.3) is 5.91 Å². The predicted octanol–water partition coefficient (Wildman–Crippen LogP) is 0.951. The maximum atomic E-state index is 12.7. The molecule has 21 heavy (non-hydrogen) atoms. The lowest BCUT2D eigenvalue weighted by Crippen LogP contribution is -2.47. The van der Waals surface area contributed by atoms with E-state index in [9.17, 15) is 9.59 Å². The minimum absolute atomic E-state index is 0.0208. The Morgan fingerprint density at radius 2 is 1.67 bits per heavy atom. The maximum absolute atomic E-state index is 12.7. The van der Waals surface area contributed by atoms with Gasteiger partial charge in [0.2, 0.25) is 0 Å². The molecule has 2 aliphatic rings. The molecule has 6 nitrogen and oxygen atoms in total. The first kappa shape index (κ1) is 16.2. The standard InChI is InChI=1S/C15H26N2O4/c1-16(2)9-10-17(11-5-3-4-6-11)14(18)12-7-8-13(21-12)15(19)20/h11-13H,3-10H2,1-2H3,(H,19,20). The van der Waals surface area contributed by atoms with Crippen LogP contribution < -0.4 is 0 Å². The smallest absolute Gasteiger partial charge is 0.332 e. The molecule has 2 unspecified atom stereocenters. The number of carbonyl (C=O) groups is 2. The fraction of sp³-hybridized carbons (Fsp3) is 0.867. The molecular weight excluding hydrogens is 272 g/mol. The summed E-state index contributed by atoms with van der Waals surface area (Å²) >= 11 is 0. The fourth-order valence-corrected chi connectivity index (χ4v) is 3.18. The van der Waals surface area contributed by atoms with E-state index in [0.29, 0.717) is 25.4 Å². The third-order valence-corrected chi connectivity index (χ3v) is 4.41. The molecule has 1 saturated heterocycles. The number of likely N-dealkylation sites (N-methyl/N-ethyl adjacent to an activating group) is 1. The summed E-state index contributed by atoms with van der Waals surface area (Å²) in [5.41, 5.74) is 0. The molecule has 1 amide bonds. The van der Waals surface area contributed by atoms with E-state index in [4.69, 9.17) is 9.84 Å². The van der Waals surface area contributed by atoms with Gasteiger partial charge >= 0.3 is 5.97 Å². The van der Waals surface area contributed by atoms with E-state index in [1.54, 1.807) is 0 Å². The predicted molar refractivity (Wildman–Crippen MR) is 78.1 cm³/mol. The number of nitrogens with zero attached hydrogens (tertiary/aromatic N) is 2. The lowest BCUT2D eigenvalue weighted by Gasteiger charge is -2.32. The summed E-state index contributed by atoms with van der Waals surface area (Å²) in [7, 11) is 3.98. The van der Waals surface area contributed by atoms with E-state index in [2.05, 4.69) is 4.90 Å². The van der Waals surface area contributed by atoms with Crippen molar-refractivity contribution in [3.05, 3.63) is 0 Å². The van der Waals surface area contributed by atoms with Gasteiger partial charge in [0.1, 0.15) is 6.10 Å². The Kier molecular flexibility index (Phi) is 5.58. The molecule has 0 aromatic heterocycles. The molecule has 120 valence electrons. The van der Waals surface area contributed by atoms with Crippen LogP contribution >= 0.6 is 0 Å². The second-order valence-corrected chi connectivity index (χ2v) is 6.30. The van der Waals surface area contributed by atoms with Gasteiger partial charge in [-0.1, -0.05) is 12.8 Å². The number of carboxylic acids is 1. The minimum Gasteiger partial charge on any atom is -0.479 e. The van der Waals surface area contributed by atoms with Crippen molar-refractivity contribution < 1.29 is 19.4 Å². The normalized spacial score (nSPS) is 26.4. The zero-order valence-electron chi connectivity index (χ0n) is 13.0. The Balaban J connectivity index is 1.98. The summed E-state index contributed by atoms with van der Waals surface area (Å²) in [4.78, 5) is 27.6. The highest BCUT2D eigenvalue weighted by Gasteiger charge is 2.38. The third-order valence-electron chi connectivity index (χ3n) is 4.41. The number of rotatable bonds is 6. The van der Waals surface area contributed by atoms with Gasteiger partial charge < -0.3 is 19.6 Å². The summed E-state index contributed by atoms with van der Waals surface area (Å²) in [5, 5.41) is 8.98. The van der Waals surface area contributed by atoms with Gasteiger partial charge in [-0.15, -0.1) is 0 Å². The van der Waals surface area contributed by atoms with Crippen LogP contribution in [-0.4, -0.2) is 72.2 Å². The van der Waals surface area contributed by atoms with E-state index >= 15 is 0 Å². The number of ether oxygens (including phenoxy) is 1. The van der Waals surface area contributed by atoms with Crippen molar-refractivity contribution in [3.63, 3.8) is 0 Å². The third kappa shape index (κ3) is 4.17. The molecular formula is C15H26N2O4. The molecule has 2 rings (SSSR count). The highest BCUT2D eigenvalue weighted by atomic mass is 16.5. The van der Waals surface area contributed by atoms with Crippen LogP contribution in [0.1, 0.15) is 38.5 Å². The highest BCUT2D eigenvalue weighted by molar-refractivity contribution is 5.83. The van der Waals surface area contributed by atoms with Crippen LogP contribution in [0.5, 0.6) is 0 Å². The summed E-state index contributed by atoms with van der Waals surface area (Å²) in [6, 6.07) is 0.296. The first-order valence-electron chi connectivity index (χ1n) is 7.82. The highest BCUT2D eigenvalue weighted by Crippen LogP contribution is 2.27. The molecule has 6 heteroatoms. The Morgan fingerprint density at radius 3 is 2.19 bits per heavy atom. The van der Waals surface area contributed by atoms with Crippen LogP contribution in [0.25, 0.3) is 0 Å². The quantitative estimate of drug-likeness (QED) is 0.790. The average Bonchev–Trinajstić information content (AvgIpc) is 3.09. The molecule has 2 atom stereocenters. The minimum atomic E-state index is -0.967. The molecule has 1 saturated carbocycles. The molecule has 1 aliphatic heterocycles. The maximum Gasteiger partial charge on any atom is 0.332 e. The summed E-state index contributed by atoms with van der Waals surface area (Å²) in [6.07, 6.45) is 3.98. The van der Waals surface area contributed by atoms with Gasteiger partial charge in [0.05, 0.1) is 0 Å². The van der Waals surface area contributed by atoms with E-state index in [0.717, 1.165) is 19.4 Å². The zero-order valence-corrected chi connectivity index (χ0v) is 13.0. The van der Waals surface area contributed by atoms with Crippen molar-refractivity contribution in [3.8, 4) is 0 Å². The molecule has 1 heterocycles. The fourth-order valence-electron chi connectivity index (χ4n) is 3.18. The Morgan fingerprint density at radius 1 is 1.05 bits per heavy atom. The molecule has 0 bridgehead atoms. The van der Waals surface area contributed by atoms with Crippen molar-refractivity contribution in [1.82, 2.24) is 9.80 Å². The van der Waals surface area contributed by atoms with Gasteiger partial charge in [-0.3, -0.25) is 4.79 Å². The number of hydrogen-bond acceptors (Lipinski definition) is 4. The first-order chi connectivity index (χ1) is 9.99. The van der Waals surface area contributed by atoms with Crippen LogP contribution in [0, 0.1) is 0 Å². The van der Waals surface area contributed by atoms with E-state index in [1.165, 1.54) is 12.8 Å². The topological polar surface area (TPSA) is 70.1 Å². The van der Waals surface area contributed by atoms with Crippen LogP contribution in [0.15, 0.2) is 0 Å². The Bertz CT molecular complexity index is 380. The molecule has 1 aliphatic carbocycles. The summed E-state index contributed by atoms with van der Waals surface area (Å²) < 4.78 is 5.43. The van der Waals surface area contributed by atoms with Gasteiger partial charge in [-0.25, -0.2) is 4.79 Å². The first-order valence-corrected chi connectivity index (χ1v) is 7.82. The van der Waals surface area contributed by atoms with Crippen LogP contribution in [0.2, 0.25) is 0 Å².